The molecule has 0 radical (unpaired) electrons. The Bertz CT molecular complexity index is 942. The van der Waals surface area contributed by atoms with Crippen LogP contribution in [0.2, 0.25) is 0 Å². The molecule has 7 heteroatoms. The maximum absolute atomic E-state index is 12.6. The van der Waals surface area contributed by atoms with E-state index in [0.29, 0.717) is 10.0 Å². The lowest BCUT2D eigenvalue weighted by Crippen LogP contribution is -2.03. The van der Waals surface area contributed by atoms with E-state index in [1.807, 2.05) is 6.92 Å². The second kappa shape index (κ2) is 7.07. The lowest BCUT2D eigenvalue weighted by Gasteiger charge is -2.08. The van der Waals surface area contributed by atoms with Crippen LogP contribution < -0.4 is 4.74 Å². The molecule has 0 heterocycles. The molecule has 0 unspecified atom stereocenters. The van der Waals surface area contributed by atoms with Crippen molar-refractivity contribution >= 4 is 31.8 Å². The van der Waals surface area contributed by atoms with Crippen LogP contribution >= 0.6 is 15.9 Å². The molecule has 2 aromatic rings. The summed E-state index contributed by atoms with van der Waals surface area (Å²) in [5.41, 5.74) is 1.33. The number of benzene rings is 2. The van der Waals surface area contributed by atoms with Gasteiger partial charge in [-0.1, -0.05) is 17.7 Å². The fourth-order valence-electron chi connectivity index (χ4n) is 2.00. The average Bonchev–Trinajstić information content (AvgIpc) is 2.55. The number of aryl methyl sites for hydroxylation is 1. The van der Waals surface area contributed by atoms with Gasteiger partial charge in [-0.25, -0.2) is 8.42 Å². The molecule has 2 rings (SSSR count). The van der Waals surface area contributed by atoms with Crippen LogP contribution in [0, 0.1) is 18.3 Å². The highest BCUT2D eigenvalue weighted by molar-refractivity contribution is 9.10. The summed E-state index contributed by atoms with van der Waals surface area (Å²) in [4.78, 5) is -0.350. The SMILES string of the molecule is COc1cc(/C=C(/C#N)S(=O)(=O)c2ccc(C)cc2)cc(Br)c1O. The number of aromatic hydroxyl groups is 1. The van der Waals surface area contributed by atoms with Crippen molar-refractivity contribution in [3.8, 4) is 17.6 Å². The highest BCUT2D eigenvalue weighted by atomic mass is 79.9. The van der Waals surface area contributed by atoms with E-state index in [-0.39, 0.29) is 16.4 Å². The van der Waals surface area contributed by atoms with Crippen molar-refractivity contribution in [2.75, 3.05) is 7.11 Å². The van der Waals surface area contributed by atoms with Gasteiger partial charge >= 0.3 is 0 Å². The summed E-state index contributed by atoms with van der Waals surface area (Å²) >= 11 is 3.16. The second-order valence-electron chi connectivity index (χ2n) is 4.99. The summed E-state index contributed by atoms with van der Waals surface area (Å²) in [5.74, 6) is 0.0650. The van der Waals surface area contributed by atoms with Gasteiger partial charge in [0.05, 0.1) is 16.5 Å². The Morgan fingerprint density at radius 2 is 1.92 bits per heavy atom. The number of nitriles is 1. The van der Waals surface area contributed by atoms with E-state index in [0.717, 1.165) is 5.56 Å². The summed E-state index contributed by atoms with van der Waals surface area (Å²) < 4.78 is 30.6. The molecule has 0 amide bonds. The van der Waals surface area contributed by atoms with Crippen molar-refractivity contribution in [2.24, 2.45) is 0 Å². The van der Waals surface area contributed by atoms with Gasteiger partial charge in [0.25, 0.3) is 0 Å². The molecule has 2 aromatic carbocycles. The molecule has 0 atom stereocenters. The second-order valence-corrected chi connectivity index (χ2v) is 7.76. The third-order valence-electron chi connectivity index (χ3n) is 3.30. The van der Waals surface area contributed by atoms with Crippen LogP contribution in [0.25, 0.3) is 6.08 Å². The molecular formula is C17H14BrNO4S. The first-order valence-corrected chi connectivity index (χ1v) is 9.07. The predicted molar refractivity (Wildman–Crippen MR) is 94.3 cm³/mol. The smallest absolute Gasteiger partial charge is 0.216 e. The Morgan fingerprint density at radius 1 is 1.29 bits per heavy atom. The fourth-order valence-corrected chi connectivity index (χ4v) is 3.62. The maximum Gasteiger partial charge on any atom is 0.216 e. The van der Waals surface area contributed by atoms with Gasteiger partial charge in [0, 0.05) is 0 Å². The quantitative estimate of drug-likeness (QED) is 0.778. The van der Waals surface area contributed by atoms with E-state index < -0.39 is 14.7 Å². The fraction of sp³-hybridized carbons (Fsp3) is 0.118. The van der Waals surface area contributed by atoms with Crippen molar-refractivity contribution in [1.82, 2.24) is 0 Å². The van der Waals surface area contributed by atoms with Crippen molar-refractivity contribution in [1.29, 1.82) is 5.26 Å². The van der Waals surface area contributed by atoms with Gasteiger partial charge in [-0.15, -0.1) is 0 Å². The lowest BCUT2D eigenvalue weighted by atomic mass is 10.2. The molecule has 0 spiro atoms. The van der Waals surface area contributed by atoms with Crippen LogP contribution in [0.5, 0.6) is 11.5 Å². The summed E-state index contributed by atoms with van der Waals surface area (Å²) in [6.45, 7) is 1.84. The summed E-state index contributed by atoms with van der Waals surface area (Å²) in [5, 5.41) is 19.1. The van der Waals surface area contributed by atoms with Gasteiger partial charge < -0.3 is 9.84 Å². The molecule has 0 fully saturated rings. The molecule has 24 heavy (non-hydrogen) atoms. The largest absolute Gasteiger partial charge is 0.503 e. The summed E-state index contributed by atoms with van der Waals surface area (Å²) in [7, 11) is -2.55. The molecule has 5 nitrogen and oxygen atoms in total. The summed E-state index contributed by atoms with van der Waals surface area (Å²) in [6.07, 6.45) is 1.24. The Balaban J connectivity index is 2.56. The maximum atomic E-state index is 12.6. The number of halogens is 1. The van der Waals surface area contributed by atoms with E-state index in [2.05, 4.69) is 15.9 Å². The van der Waals surface area contributed by atoms with E-state index in [1.165, 1.54) is 37.5 Å². The molecular weight excluding hydrogens is 394 g/mol. The first-order chi connectivity index (χ1) is 11.3. The molecule has 0 saturated carbocycles. The molecule has 124 valence electrons. The first-order valence-electron chi connectivity index (χ1n) is 6.79. The van der Waals surface area contributed by atoms with Gasteiger partial charge in [-0.2, -0.15) is 5.26 Å². The molecule has 1 N–H and O–H groups in total. The van der Waals surface area contributed by atoms with Crippen molar-refractivity contribution in [2.45, 2.75) is 11.8 Å². The Kier molecular flexibility index (Phi) is 5.32. The number of phenols is 1. The standard InChI is InChI=1S/C17H14BrNO4S/c1-11-3-5-13(6-4-11)24(21,22)14(10-19)7-12-8-15(18)17(20)16(9-12)23-2/h3-9,20H,1-2H3/b14-7-. The van der Waals surface area contributed by atoms with Crippen LogP contribution in [0.3, 0.4) is 0 Å². The zero-order chi connectivity index (χ0) is 17.9. The number of methoxy groups -OCH3 is 1. The van der Waals surface area contributed by atoms with Gasteiger partial charge in [-0.3, -0.25) is 0 Å². The third kappa shape index (κ3) is 3.61. The number of ether oxygens (including phenoxy) is 1. The zero-order valence-corrected chi connectivity index (χ0v) is 15.3. The van der Waals surface area contributed by atoms with Crippen molar-refractivity contribution in [3.63, 3.8) is 0 Å². The topological polar surface area (TPSA) is 87.4 Å². The molecule has 0 aliphatic rings. The number of phenolic OH excluding ortho intramolecular Hbond substituents is 1. The minimum Gasteiger partial charge on any atom is -0.503 e. The van der Waals surface area contributed by atoms with E-state index in [1.54, 1.807) is 18.2 Å². The number of allylic oxidation sites excluding steroid dienone is 1. The summed E-state index contributed by atoms with van der Waals surface area (Å²) in [6, 6.07) is 10.9. The van der Waals surface area contributed by atoms with Crippen LogP contribution in [0.15, 0.2) is 50.7 Å². The zero-order valence-electron chi connectivity index (χ0n) is 12.9. The molecule has 0 saturated heterocycles. The van der Waals surface area contributed by atoms with E-state index >= 15 is 0 Å². The highest BCUT2D eigenvalue weighted by Gasteiger charge is 2.21. The Morgan fingerprint density at radius 3 is 2.46 bits per heavy atom. The normalized spacial score (nSPS) is 11.8. The van der Waals surface area contributed by atoms with Gasteiger partial charge in [-0.05, 0) is 58.8 Å². The molecule has 0 bridgehead atoms. The van der Waals surface area contributed by atoms with Gasteiger partial charge in [0.15, 0.2) is 11.5 Å². The number of hydrogen-bond acceptors (Lipinski definition) is 5. The van der Waals surface area contributed by atoms with Crippen LogP contribution in [0.4, 0.5) is 0 Å². The van der Waals surface area contributed by atoms with E-state index in [9.17, 15) is 18.8 Å². The molecule has 0 aliphatic heterocycles. The average molecular weight is 408 g/mol. The van der Waals surface area contributed by atoms with Crippen LogP contribution in [-0.4, -0.2) is 20.6 Å². The number of sulfone groups is 1. The highest BCUT2D eigenvalue weighted by Crippen LogP contribution is 2.36. The Labute approximate surface area is 148 Å². The molecule has 0 aliphatic carbocycles. The lowest BCUT2D eigenvalue weighted by molar-refractivity contribution is 0.372. The van der Waals surface area contributed by atoms with Crippen LogP contribution in [-0.2, 0) is 9.84 Å². The number of rotatable bonds is 4. The van der Waals surface area contributed by atoms with Crippen LogP contribution in [0.1, 0.15) is 11.1 Å². The minimum atomic E-state index is -3.93. The monoisotopic (exact) mass is 407 g/mol. The van der Waals surface area contributed by atoms with Gasteiger partial charge in [0.2, 0.25) is 9.84 Å². The van der Waals surface area contributed by atoms with Crippen molar-refractivity contribution in [3.05, 3.63) is 56.9 Å². The predicted octanol–water partition coefficient (Wildman–Crippen LogP) is 3.81. The third-order valence-corrected chi connectivity index (χ3v) is 5.58. The first kappa shape index (κ1) is 18.0. The van der Waals surface area contributed by atoms with Gasteiger partial charge in [0.1, 0.15) is 11.0 Å². The number of hydrogen-bond donors (Lipinski definition) is 1. The Hall–Kier alpha value is -2.30. The molecule has 0 aromatic heterocycles. The number of nitrogens with zero attached hydrogens (tertiary/aromatic N) is 1. The van der Waals surface area contributed by atoms with Crippen molar-refractivity contribution < 1.29 is 18.3 Å². The van der Waals surface area contributed by atoms with E-state index in [4.69, 9.17) is 4.74 Å². The minimum absolute atomic E-state index is 0.0470.